The number of nitrogens with one attached hydrogen (secondary N) is 2. The van der Waals surface area contributed by atoms with E-state index in [4.69, 9.17) is 23.2 Å². The predicted molar refractivity (Wildman–Crippen MR) is 105 cm³/mol. The summed E-state index contributed by atoms with van der Waals surface area (Å²) < 4.78 is 0. The minimum atomic E-state index is -0.340. The van der Waals surface area contributed by atoms with Crippen molar-refractivity contribution in [1.82, 2.24) is 9.97 Å². The van der Waals surface area contributed by atoms with Crippen molar-refractivity contribution < 1.29 is 4.79 Å². The maximum atomic E-state index is 12.4. The fourth-order valence-electron chi connectivity index (χ4n) is 2.25. The highest BCUT2D eigenvalue weighted by Crippen LogP contribution is 2.20. The van der Waals surface area contributed by atoms with Crippen LogP contribution in [0.25, 0.3) is 0 Å². The van der Waals surface area contributed by atoms with Gasteiger partial charge in [0.25, 0.3) is 5.91 Å². The number of halogens is 2. The van der Waals surface area contributed by atoms with E-state index in [0.717, 1.165) is 11.1 Å². The molecule has 0 spiro atoms. The number of benzene rings is 2. The molecule has 5 nitrogen and oxygen atoms in total. The van der Waals surface area contributed by atoms with Gasteiger partial charge in [0.1, 0.15) is 5.69 Å². The number of hydrogen-bond donors (Lipinski definition) is 2. The zero-order valence-electron chi connectivity index (χ0n) is 14.0. The number of carbonyl (C=O) groups is 1. The molecule has 1 heterocycles. The van der Waals surface area contributed by atoms with Gasteiger partial charge in [0.05, 0.1) is 0 Å². The van der Waals surface area contributed by atoms with Gasteiger partial charge in [0.2, 0.25) is 5.95 Å². The molecule has 3 aromatic rings. The monoisotopic (exact) mass is 386 g/mol. The Bertz CT molecular complexity index is 946. The van der Waals surface area contributed by atoms with Gasteiger partial charge in [-0.2, -0.15) is 0 Å². The van der Waals surface area contributed by atoms with Gasteiger partial charge in [-0.25, -0.2) is 9.97 Å². The number of anilines is 2. The smallest absolute Gasteiger partial charge is 0.274 e. The maximum Gasteiger partial charge on any atom is 0.274 e. The molecule has 2 aromatic carbocycles. The molecule has 0 radical (unpaired) electrons. The first-order valence-corrected chi connectivity index (χ1v) is 8.66. The van der Waals surface area contributed by atoms with Crippen molar-refractivity contribution in [3.63, 3.8) is 0 Å². The Morgan fingerprint density at radius 1 is 1.08 bits per heavy atom. The van der Waals surface area contributed by atoms with E-state index in [1.54, 1.807) is 18.2 Å². The fourth-order valence-corrected chi connectivity index (χ4v) is 2.64. The number of rotatable bonds is 5. The molecule has 0 aliphatic carbocycles. The third-order valence-corrected chi connectivity index (χ3v) is 4.49. The van der Waals surface area contributed by atoms with Crippen LogP contribution in [0.1, 0.15) is 21.6 Å². The molecule has 0 aliphatic heterocycles. The maximum absolute atomic E-state index is 12.4. The van der Waals surface area contributed by atoms with Gasteiger partial charge in [-0.3, -0.25) is 4.79 Å². The third kappa shape index (κ3) is 4.50. The molecular formula is C19H16Cl2N4O. The first kappa shape index (κ1) is 18.2. The van der Waals surface area contributed by atoms with Crippen LogP contribution in [0.2, 0.25) is 10.0 Å². The summed E-state index contributed by atoms with van der Waals surface area (Å²) in [6, 6.07) is 14.4. The molecule has 3 rings (SSSR count). The van der Waals surface area contributed by atoms with E-state index in [0.29, 0.717) is 28.2 Å². The van der Waals surface area contributed by atoms with Crippen LogP contribution in [-0.2, 0) is 6.54 Å². The number of aryl methyl sites for hydroxylation is 1. The largest absolute Gasteiger partial charge is 0.350 e. The second-order valence-corrected chi connectivity index (χ2v) is 6.44. The molecule has 0 atom stereocenters. The van der Waals surface area contributed by atoms with Gasteiger partial charge in [-0.1, -0.05) is 47.5 Å². The SMILES string of the molecule is Cc1ccc(NC(=O)c2ccnc(NCc3ccccc3Cl)n2)cc1Cl. The molecule has 0 bridgehead atoms. The molecule has 0 unspecified atom stereocenters. The van der Waals surface area contributed by atoms with E-state index in [1.165, 1.54) is 6.20 Å². The number of amides is 1. The molecule has 0 fully saturated rings. The topological polar surface area (TPSA) is 66.9 Å². The molecule has 1 amide bonds. The Hall–Kier alpha value is -2.63. The van der Waals surface area contributed by atoms with Gasteiger partial charge in [0, 0.05) is 28.5 Å². The van der Waals surface area contributed by atoms with Crippen LogP contribution in [0.15, 0.2) is 54.7 Å². The average molecular weight is 387 g/mol. The summed E-state index contributed by atoms with van der Waals surface area (Å²) in [5.41, 5.74) is 2.72. The number of nitrogens with zero attached hydrogens (tertiary/aromatic N) is 2. The Balaban J connectivity index is 1.69. The van der Waals surface area contributed by atoms with Gasteiger partial charge in [-0.05, 0) is 42.3 Å². The van der Waals surface area contributed by atoms with Gasteiger partial charge in [-0.15, -0.1) is 0 Å². The summed E-state index contributed by atoms with van der Waals surface area (Å²) in [5, 5.41) is 7.09. The number of carbonyl (C=O) groups excluding carboxylic acids is 1. The van der Waals surface area contributed by atoms with E-state index in [1.807, 2.05) is 37.3 Å². The van der Waals surface area contributed by atoms with Crippen LogP contribution >= 0.6 is 23.2 Å². The Morgan fingerprint density at radius 2 is 1.88 bits per heavy atom. The first-order chi connectivity index (χ1) is 12.5. The highest BCUT2D eigenvalue weighted by Gasteiger charge is 2.10. The summed E-state index contributed by atoms with van der Waals surface area (Å²) in [6.45, 7) is 2.35. The van der Waals surface area contributed by atoms with Crippen molar-refractivity contribution in [1.29, 1.82) is 0 Å². The summed E-state index contributed by atoms with van der Waals surface area (Å²) >= 11 is 12.2. The molecule has 1 aromatic heterocycles. The van der Waals surface area contributed by atoms with Gasteiger partial charge < -0.3 is 10.6 Å². The average Bonchev–Trinajstić information content (AvgIpc) is 2.64. The number of aromatic nitrogens is 2. The molecule has 7 heteroatoms. The molecule has 0 saturated heterocycles. The highest BCUT2D eigenvalue weighted by atomic mass is 35.5. The molecule has 0 saturated carbocycles. The zero-order chi connectivity index (χ0) is 18.5. The van der Waals surface area contributed by atoms with Crippen molar-refractivity contribution >= 4 is 40.7 Å². The van der Waals surface area contributed by atoms with E-state index in [9.17, 15) is 4.79 Å². The molecule has 26 heavy (non-hydrogen) atoms. The molecular weight excluding hydrogens is 371 g/mol. The van der Waals surface area contributed by atoms with Crippen molar-refractivity contribution in [2.45, 2.75) is 13.5 Å². The lowest BCUT2D eigenvalue weighted by atomic mass is 10.2. The van der Waals surface area contributed by atoms with Crippen LogP contribution in [0.4, 0.5) is 11.6 Å². The van der Waals surface area contributed by atoms with Gasteiger partial charge >= 0.3 is 0 Å². The Labute approximate surface area is 161 Å². The van der Waals surface area contributed by atoms with Crippen LogP contribution in [0.5, 0.6) is 0 Å². The normalized spacial score (nSPS) is 10.4. The van der Waals surface area contributed by atoms with Crippen molar-refractivity contribution in [2.75, 3.05) is 10.6 Å². The lowest BCUT2D eigenvalue weighted by Gasteiger charge is -2.09. The Kier molecular flexibility index (Phi) is 5.71. The van der Waals surface area contributed by atoms with Crippen molar-refractivity contribution in [3.8, 4) is 0 Å². The van der Waals surface area contributed by atoms with Gasteiger partial charge in [0.15, 0.2) is 0 Å². The highest BCUT2D eigenvalue weighted by molar-refractivity contribution is 6.31. The summed E-state index contributed by atoms with van der Waals surface area (Å²) in [7, 11) is 0. The van der Waals surface area contributed by atoms with Crippen LogP contribution in [-0.4, -0.2) is 15.9 Å². The predicted octanol–water partition coefficient (Wildman–Crippen LogP) is 4.96. The summed E-state index contributed by atoms with van der Waals surface area (Å²) in [4.78, 5) is 20.8. The first-order valence-electron chi connectivity index (χ1n) is 7.91. The minimum Gasteiger partial charge on any atom is -0.350 e. The minimum absolute atomic E-state index is 0.248. The van der Waals surface area contributed by atoms with Crippen LogP contribution in [0.3, 0.4) is 0 Å². The lowest BCUT2D eigenvalue weighted by Crippen LogP contribution is -2.15. The summed E-state index contributed by atoms with van der Waals surface area (Å²) in [6.07, 6.45) is 1.53. The van der Waals surface area contributed by atoms with E-state index >= 15 is 0 Å². The van der Waals surface area contributed by atoms with Crippen LogP contribution < -0.4 is 10.6 Å². The van der Waals surface area contributed by atoms with E-state index in [2.05, 4.69) is 20.6 Å². The van der Waals surface area contributed by atoms with E-state index in [-0.39, 0.29) is 11.6 Å². The number of hydrogen-bond acceptors (Lipinski definition) is 4. The summed E-state index contributed by atoms with van der Waals surface area (Å²) in [5.74, 6) is 0.00706. The standard InChI is InChI=1S/C19H16Cl2N4O/c1-12-6-7-14(10-16(12)21)24-18(26)17-8-9-22-19(25-17)23-11-13-4-2-3-5-15(13)20/h2-10H,11H2,1H3,(H,24,26)(H,22,23,25). The zero-order valence-corrected chi connectivity index (χ0v) is 15.5. The molecule has 0 aliphatic rings. The molecule has 132 valence electrons. The fraction of sp³-hybridized carbons (Fsp3) is 0.105. The van der Waals surface area contributed by atoms with E-state index < -0.39 is 0 Å². The second-order valence-electron chi connectivity index (χ2n) is 5.63. The quantitative estimate of drug-likeness (QED) is 0.650. The van der Waals surface area contributed by atoms with Crippen molar-refractivity contribution in [3.05, 3.63) is 81.6 Å². The molecule has 2 N–H and O–H groups in total. The van der Waals surface area contributed by atoms with Crippen molar-refractivity contribution in [2.24, 2.45) is 0 Å². The lowest BCUT2D eigenvalue weighted by molar-refractivity contribution is 0.102. The van der Waals surface area contributed by atoms with Crippen LogP contribution in [0, 0.1) is 6.92 Å². The Morgan fingerprint density at radius 3 is 2.65 bits per heavy atom. The third-order valence-electron chi connectivity index (χ3n) is 3.71. The second kappa shape index (κ2) is 8.17.